The van der Waals surface area contributed by atoms with Crippen molar-refractivity contribution in [3.8, 4) is 0 Å². The third kappa shape index (κ3) is 4.50. The van der Waals surface area contributed by atoms with E-state index in [9.17, 15) is 9.59 Å². The highest BCUT2D eigenvalue weighted by atomic mass is 16.5. The van der Waals surface area contributed by atoms with E-state index in [1.165, 1.54) is 12.6 Å². The Morgan fingerprint density at radius 3 is 2.70 bits per heavy atom. The van der Waals surface area contributed by atoms with Crippen molar-refractivity contribution in [1.82, 2.24) is 19.7 Å². The molecule has 0 aromatic carbocycles. The zero-order valence-corrected chi connectivity index (χ0v) is 15.7. The third-order valence-corrected chi connectivity index (χ3v) is 5.74. The van der Waals surface area contributed by atoms with Crippen molar-refractivity contribution in [3.63, 3.8) is 0 Å². The lowest BCUT2D eigenvalue weighted by molar-refractivity contribution is -0.136. The summed E-state index contributed by atoms with van der Waals surface area (Å²) in [5, 5.41) is 0. The fourth-order valence-corrected chi connectivity index (χ4v) is 3.98. The number of nitrogens with zero attached hydrogens (tertiary/aromatic N) is 4. The molecule has 0 spiro atoms. The van der Waals surface area contributed by atoms with Gasteiger partial charge in [0.2, 0.25) is 11.7 Å². The van der Waals surface area contributed by atoms with Crippen molar-refractivity contribution in [3.05, 3.63) is 18.4 Å². The Balaban J connectivity index is 1.40. The number of ether oxygens (including phenoxy) is 1. The van der Waals surface area contributed by atoms with Crippen LogP contribution in [0.15, 0.2) is 17.0 Å². The number of likely N-dealkylation sites (tertiary alicyclic amines) is 1. The second-order valence-corrected chi connectivity index (χ2v) is 7.67. The Bertz CT molecular complexity index is 640. The van der Waals surface area contributed by atoms with Crippen molar-refractivity contribution >= 4 is 11.8 Å². The lowest BCUT2D eigenvalue weighted by Gasteiger charge is -2.40. The van der Waals surface area contributed by atoms with Gasteiger partial charge < -0.3 is 19.0 Å². The van der Waals surface area contributed by atoms with Crippen molar-refractivity contribution in [2.24, 2.45) is 5.92 Å². The maximum absolute atomic E-state index is 12.9. The maximum Gasteiger partial charge on any atom is 0.291 e. The number of carbonyl (C=O) groups excluding carboxylic acids is 2. The number of piperidine rings is 1. The summed E-state index contributed by atoms with van der Waals surface area (Å²) in [6.45, 7) is 6.24. The molecule has 27 heavy (non-hydrogen) atoms. The number of morpholine rings is 1. The molecule has 3 fully saturated rings. The molecule has 1 aliphatic carbocycles. The first-order valence-electron chi connectivity index (χ1n) is 10.0. The molecular formula is C19H28N4O4. The fourth-order valence-electron chi connectivity index (χ4n) is 3.98. The molecule has 0 bridgehead atoms. The molecule has 1 saturated carbocycles. The van der Waals surface area contributed by atoms with Gasteiger partial charge in [-0.25, -0.2) is 4.98 Å². The Labute approximate surface area is 159 Å². The maximum atomic E-state index is 12.9. The third-order valence-electron chi connectivity index (χ3n) is 5.74. The summed E-state index contributed by atoms with van der Waals surface area (Å²) in [5.41, 5.74) is 0. The highest BCUT2D eigenvalue weighted by Gasteiger charge is 2.38. The van der Waals surface area contributed by atoms with Crippen LogP contribution in [0, 0.1) is 5.92 Å². The SMILES string of the molecule is O=C(c1cnco1)N1CCCC(N(CCN2CCOCC2)C(=O)C2CC2)C1. The van der Waals surface area contributed by atoms with Gasteiger partial charge in [-0.2, -0.15) is 0 Å². The fraction of sp³-hybridized carbons (Fsp3) is 0.737. The Morgan fingerprint density at radius 2 is 2.00 bits per heavy atom. The standard InChI is InChI=1S/C19H28N4O4/c24-18(15-3-4-15)23(7-6-21-8-10-26-11-9-21)16-2-1-5-22(13-16)19(25)17-12-20-14-27-17/h12,14-16H,1-11,13H2. The topological polar surface area (TPSA) is 79.1 Å². The van der Waals surface area contributed by atoms with Crippen molar-refractivity contribution in [2.75, 3.05) is 52.5 Å². The molecule has 0 radical (unpaired) electrons. The smallest absolute Gasteiger partial charge is 0.291 e. The predicted molar refractivity (Wildman–Crippen MR) is 97.1 cm³/mol. The minimum Gasteiger partial charge on any atom is -0.438 e. The molecule has 3 heterocycles. The molecule has 1 aromatic rings. The average Bonchev–Trinajstić information content (AvgIpc) is 3.42. The van der Waals surface area contributed by atoms with Gasteiger partial charge in [-0.3, -0.25) is 14.5 Å². The van der Waals surface area contributed by atoms with Gasteiger partial charge in [0, 0.05) is 51.2 Å². The van der Waals surface area contributed by atoms with Crippen LogP contribution in [-0.2, 0) is 9.53 Å². The summed E-state index contributed by atoms with van der Waals surface area (Å²) in [5.74, 6) is 0.588. The van der Waals surface area contributed by atoms with Gasteiger partial charge in [-0.1, -0.05) is 0 Å². The second-order valence-electron chi connectivity index (χ2n) is 7.67. The summed E-state index contributed by atoms with van der Waals surface area (Å²) in [6, 6.07) is 0.0831. The first-order valence-corrected chi connectivity index (χ1v) is 10.0. The number of carbonyl (C=O) groups is 2. The minimum atomic E-state index is -0.135. The largest absolute Gasteiger partial charge is 0.438 e. The van der Waals surface area contributed by atoms with E-state index in [0.29, 0.717) is 13.1 Å². The van der Waals surface area contributed by atoms with E-state index in [0.717, 1.165) is 65.1 Å². The van der Waals surface area contributed by atoms with Crippen LogP contribution in [0.5, 0.6) is 0 Å². The van der Waals surface area contributed by atoms with Crippen LogP contribution in [0.25, 0.3) is 0 Å². The van der Waals surface area contributed by atoms with Crippen LogP contribution in [0.4, 0.5) is 0 Å². The molecule has 2 aliphatic heterocycles. The summed E-state index contributed by atoms with van der Waals surface area (Å²) in [4.78, 5) is 35.6. The molecule has 148 valence electrons. The first kappa shape index (κ1) is 18.4. The molecule has 2 saturated heterocycles. The zero-order valence-electron chi connectivity index (χ0n) is 15.7. The molecule has 0 N–H and O–H groups in total. The second kappa shape index (κ2) is 8.39. The van der Waals surface area contributed by atoms with E-state index in [1.807, 2.05) is 4.90 Å². The van der Waals surface area contributed by atoms with E-state index in [1.54, 1.807) is 4.90 Å². The zero-order chi connectivity index (χ0) is 18.6. The van der Waals surface area contributed by atoms with Crippen molar-refractivity contribution in [1.29, 1.82) is 0 Å². The molecule has 3 aliphatic rings. The number of aromatic nitrogens is 1. The van der Waals surface area contributed by atoms with Crippen molar-refractivity contribution in [2.45, 2.75) is 31.7 Å². The van der Waals surface area contributed by atoms with Gasteiger partial charge in [0.25, 0.3) is 5.91 Å². The van der Waals surface area contributed by atoms with Gasteiger partial charge in [-0.05, 0) is 25.7 Å². The summed E-state index contributed by atoms with van der Waals surface area (Å²) in [6.07, 6.45) is 6.58. The van der Waals surface area contributed by atoms with Crippen LogP contribution in [0.2, 0.25) is 0 Å². The lowest BCUT2D eigenvalue weighted by Crippen LogP contribution is -2.54. The average molecular weight is 376 g/mol. The normalized spacial score (nSPS) is 24.0. The highest BCUT2D eigenvalue weighted by Crippen LogP contribution is 2.32. The van der Waals surface area contributed by atoms with E-state index in [2.05, 4.69) is 9.88 Å². The summed E-state index contributed by atoms with van der Waals surface area (Å²) >= 11 is 0. The Hall–Kier alpha value is -1.93. The monoisotopic (exact) mass is 376 g/mol. The molecule has 2 amide bonds. The highest BCUT2D eigenvalue weighted by molar-refractivity contribution is 5.91. The van der Waals surface area contributed by atoms with Gasteiger partial charge in [0.05, 0.1) is 19.4 Å². The number of oxazole rings is 1. The van der Waals surface area contributed by atoms with Crippen LogP contribution in [-0.4, -0.2) is 90.0 Å². The lowest BCUT2D eigenvalue weighted by atomic mass is 10.0. The van der Waals surface area contributed by atoms with Gasteiger partial charge >= 0.3 is 0 Å². The number of hydrogen-bond donors (Lipinski definition) is 0. The van der Waals surface area contributed by atoms with E-state index in [-0.39, 0.29) is 29.5 Å². The molecule has 8 nitrogen and oxygen atoms in total. The van der Waals surface area contributed by atoms with E-state index in [4.69, 9.17) is 9.15 Å². The van der Waals surface area contributed by atoms with E-state index >= 15 is 0 Å². The van der Waals surface area contributed by atoms with Crippen molar-refractivity contribution < 1.29 is 18.7 Å². The van der Waals surface area contributed by atoms with Crippen LogP contribution >= 0.6 is 0 Å². The first-order chi connectivity index (χ1) is 13.2. The predicted octanol–water partition coefficient (Wildman–Crippen LogP) is 0.850. The Kier molecular flexibility index (Phi) is 5.73. The van der Waals surface area contributed by atoms with E-state index < -0.39 is 0 Å². The molecule has 1 atom stereocenters. The van der Waals surface area contributed by atoms with Crippen LogP contribution in [0.1, 0.15) is 36.2 Å². The van der Waals surface area contributed by atoms with Gasteiger partial charge in [0.15, 0.2) is 6.39 Å². The van der Waals surface area contributed by atoms with Crippen LogP contribution in [0.3, 0.4) is 0 Å². The minimum absolute atomic E-state index is 0.0831. The number of hydrogen-bond acceptors (Lipinski definition) is 6. The summed E-state index contributed by atoms with van der Waals surface area (Å²) < 4.78 is 10.6. The number of rotatable bonds is 6. The molecule has 1 unspecified atom stereocenters. The number of amides is 2. The Morgan fingerprint density at radius 1 is 1.19 bits per heavy atom. The molecule has 8 heteroatoms. The van der Waals surface area contributed by atoms with Crippen LogP contribution < -0.4 is 0 Å². The quantitative estimate of drug-likeness (QED) is 0.732. The molecular weight excluding hydrogens is 348 g/mol. The summed E-state index contributed by atoms with van der Waals surface area (Å²) in [7, 11) is 0. The molecule has 4 rings (SSSR count). The van der Waals surface area contributed by atoms with Gasteiger partial charge in [0.1, 0.15) is 0 Å². The molecule has 1 aromatic heterocycles. The van der Waals surface area contributed by atoms with Gasteiger partial charge in [-0.15, -0.1) is 0 Å².